The van der Waals surface area contributed by atoms with Gasteiger partial charge in [-0.2, -0.15) is 0 Å². The standard InChI is InChI=1S/C21H27N3O3S/c1-14(2)27-17-11-9-15(13-18(17)26-3)10-12-19(25)22-21-24-23-20(28-21)16-7-5-4-6-8-16/h9-14,16H,4-8H2,1-3H3,(H,22,24,25)/b12-10+. The van der Waals surface area contributed by atoms with Gasteiger partial charge in [0.05, 0.1) is 13.2 Å². The highest BCUT2D eigenvalue weighted by molar-refractivity contribution is 7.15. The van der Waals surface area contributed by atoms with Gasteiger partial charge in [-0.3, -0.25) is 10.1 Å². The van der Waals surface area contributed by atoms with Gasteiger partial charge >= 0.3 is 0 Å². The van der Waals surface area contributed by atoms with Crippen LogP contribution in [0.2, 0.25) is 0 Å². The lowest BCUT2D eigenvalue weighted by atomic mass is 9.90. The van der Waals surface area contributed by atoms with Crippen molar-refractivity contribution >= 4 is 28.5 Å². The molecule has 2 aromatic rings. The third-order valence-corrected chi connectivity index (χ3v) is 5.60. The van der Waals surface area contributed by atoms with E-state index in [-0.39, 0.29) is 12.0 Å². The van der Waals surface area contributed by atoms with Crippen molar-refractivity contribution in [2.75, 3.05) is 12.4 Å². The van der Waals surface area contributed by atoms with Crippen molar-refractivity contribution in [2.45, 2.75) is 58.0 Å². The van der Waals surface area contributed by atoms with Gasteiger partial charge < -0.3 is 9.47 Å². The molecule has 0 spiro atoms. The predicted molar refractivity (Wildman–Crippen MR) is 112 cm³/mol. The zero-order chi connectivity index (χ0) is 19.9. The molecule has 1 fully saturated rings. The second-order valence-corrected chi connectivity index (χ2v) is 8.19. The molecule has 7 heteroatoms. The van der Waals surface area contributed by atoms with Gasteiger partial charge in [0.1, 0.15) is 5.01 Å². The lowest BCUT2D eigenvalue weighted by molar-refractivity contribution is -0.111. The van der Waals surface area contributed by atoms with Gasteiger partial charge in [0.2, 0.25) is 11.0 Å². The largest absolute Gasteiger partial charge is 0.493 e. The molecule has 1 aromatic heterocycles. The molecule has 1 aliphatic carbocycles. The first-order chi connectivity index (χ1) is 13.5. The fourth-order valence-electron chi connectivity index (χ4n) is 3.26. The third kappa shape index (κ3) is 5.55. The maximum Gasteiger partial charge on any atom is 0.250 e. The second kappa shape index (κ2) is 9.68. The van der Waals surface area contributed by atoms with Gasteiger partial charge in [-0.25, -0.2) is 0 Å². The number of carbonyl (C=O) groups is 1. The molecule has 6 nitrogen and oxygen atoms in total. The van der Waals surface area contributed by atoms with E-state index in [9.17, 15) is 4.79 Å². The van der Waals surface area contributed by atoms with Gasteiger partial charge in [-0.05, 0) is 50.5 Å². The Morgan fingerprint density at radius 1 is 1.21 bits per heavy atom. The zero-order valence-electron chi connectivity index (χ0n) is 16.6. The molecular formula is C21H27N3O3S. The molecule has 1 saturated carbocycles. The molecule has 1 amide bonds. The predicted octanol–water partition coefficient (Wildman–Crippen LogP) is 5.03. The number of benzene rings is 1. The van der Waals surface area contributed by atoms with E-state index in [1.165, 1.54) is 49.5 Å². The molecule has 0 radical (unpaired) electrons. The zero-order valence-corrected chi connectivity index (χ0v) is 17.4. The van der Waals surface area contributed by atoms with E-state index >= 15 is 0 Å². The van der Waals surface area contributed by atoms with Gasteiger partial charge in [0.15, 0.2) is 11.5 Å². The molecule has 0 unspecified atom stereocenters. The van der Waals surface area contributed by atoms with E-state index < -0.39 is 0 Å². The summed E-state index contributed by atoms with van der Waals surface area (Å²) in [5, 5.41) is 12.8. The first-order valence-electron chi connectivity index (χ1n) is 9.72. The fourth-order valence-corrected chi connectivity index (χ4v) is 4.17. The number of hydrogen-bond acceptors (Lipinski definition) is 6. The van der Waals surface area contributed by atoms with Crippen LogP contribution < -0.4 is 14.8 Å². The Balaban J connectivity index is 1.60. The Hall–Kier alpha value is -2.41. The summed E-state index contributed by atoms with van der Waals surface area (Å²) in [6.45, 7) is 3.93. The molecule has 150 valence electrons. The van der Waals surface area contributed by atoms with Crippen LogP contribution in [0.3, 0.4) is 0 Å². The van der Waals surface area contributed by atoms with Crippen LogP contribution in [0.25, 0.3) is 6.08 Å². The number of amides is 1. The van der Waals surface area contributed by atoms with Crippen molar-refractivity contribution in [1.82, 2.24) is 10.2 Å². The number of rotatable bonds is 7. The fraction of sp³-hybridized carbons (Fsp3) is 0.476. The normalized spacial score (nSPS) is 15.1. The summed E-state index contributed by atoms with van der Waals surface area (Å²) in [4.78, 5) is 12.2. The Morgan fingerprint density at radius 2 is 2.00 bits per heavy atom. The van der Waals surface area contributed by atoms with Crippen LogP contribution in [-0.4, -0.2) is 29.3 Å². The van der Waals surface area contributed by atoms with E-state index in [2.05, 4.69) is 15.5 Å². The molecule has 1 N–H and O–H groups in total. The molecule has 1 aromatic carbocycles. The summed E-state index contributed by atoms with van der Waals surface area (Å²) < 4.78 is 11.1. The smallest absolute Gasteiger partial charge is 0.250 e. The summed E-state index contributed by atoms with van der Waals surface area (Å²) in [5.74, 6) is 1.58. The van der Waals surface area contributed by atoms with E-state index in [1.54, 1.807) is 13.2 Å². The average molecular weight is 402 g/mol. The number of ether oxygens (including phenoxy) is 2. The number of nitrogens with one attached hydrogen (secondary N) is 1. The van der Waals surface area contributed by atoms with Crippen molar-refractivity contribution in [1.29, 1.82) is 0 Å². The number of aromatic nitrogens is 2. The van der Waals surface area contributed by atoms with Crippen LogP contribution in [-0.2, 0) is 4.79 Å². The molecule has 1 aliphatic rings. The summed E-state index contributed by atoms with van der Waals surface area (Å²) in [6.07, 6.45) is 9.42. The quantitative estimate of drug-likeness (QED) is 0.659. The van der Waals surface area contributed by atoms with Crippen LogP contribution in [0, 0.1) is 0 Å². The van der Waals surface area contributed by atoms with Gasteiger partial charge in [-0.15, -0.1) is 10.2 Å². The molecule has 28 heavy (non-hydrogen) atoms. The lowest BCUT2D eigenvalue weighted by Gasteiger charge is -2.18. The molecule has 0 saturated heterocycles. The summed E-state index contributed by atoms with van der Waals surface area (Å²) >= 11 is 1.48. The van der Waals surface area contributed by atoms with E-state index in [4.69, 9.17) is 9.47 Å². The van der Waals surface area contributed by atoms with Crippen molar-refractivity contribution in [3.05, 3.63) is 34.8 Å². The van der Waals surface area contributed by atoms with E-state index in [0.717, 1.165) is 10.6 Å². The van der Waals surface area contributed by atoms with Gasteiger partial charge in [0.25, 0.3) is 0 Å². The lowest BCUT2D eigenvalue weighted by Crippen LogP contribution is -2.07. The van der Waals surface area contributed by atoms with E-state index in [0.29, 0.717) is 22.5 Å². The number of hydrogen-bond donors (Lipinski definition) is 1. The maximum absolute atomic E-state index is 12.2. The number of anilines is 1. The molecular weight excluding hydrogens is 374 g/mol. The maximum atomic E-state index is 12.2. The molecule has 0 aliphatic heterocycles. The highest BCUT2D eigenvalue weighted by atomic mass is 32.1. The van der Waals surface area contributed by atoms with Crippen LogP contribution in [0.1, 0.15) is 62.4 Å². The first kappa shape index (κ1) is 20.3. The summed E-state index contributed by atoms with van der Waals surface area (Å²) in [7, 11) is 1.60. The monoisotopic (exact) mass is 401 g/mol. The van der Waals surface area contributed by atoms with Crippen molar-refractivity contribution in [2.24, 2.45) is 0 Å². The number of methoxy groups -OCH3 is 1. The molecule has 3 rings (SSSR count). The van der Waals surface area contributed by atoms with E-state index in [1.807, 2.05) is 32.0 Å². The second-order valence-electron chi connectivity index (χ2n) is 7.18. The average Bonchev–Trinajstić information content (AvgIpc) is 3.16. The highest BCUT2D eigenvalue weighted by Crippen LogP contribution is 2.35. The Labute approximate surface area is 170 Å². The van der Waals surface area contributed by atoms with Crippen LogP contribution in [0.5, 0.6) is 11.5 Å². The topological polar surface area (TPSA) is 73.3 Å². The summed E-state index contributed by atoms with van der Waals surface area (Å²) in [6, 6.07) is 5.57. The minimum Gasteiger partial charge on any atom is -0.493 e. The van der Waals surface area contributed by atoms with Crippen LogP contribution >= 0.6 is 11.3 Å². The first-order valence-corrected chi connectivity index (χ1v) is 10.5. The summed E-state index contributed by atoms with van der Waals surface area (Å²) in [5.41, 5.74) is 0.850. The number of nitrogens with zero attached hydrogens (tertiary/aromatic N) is 2. The van der Waals surface area contributed by atoms with Crippen molar-refractivity contribution < 1.29 is 14.3 Å². The highest BCUT2D eigenvalue weighted by Gasteiger charge is 2.20. The van der Waals surface area contributed by atoms with Crippen molar-refractivity contribution in [3.8, 4) is 11.5 Å². The SMILES string of the molecule is COc1cc(/C=C/C(=O)Nc2nnc(C3CCCCC3)s2)ccc1OC(C)C. The number of carbonyl (C=O) groups excluding carboxylic acids is 1. The Bertz CT molecular complexity index is 826. The van der Waals surface area contributed by atoms with Crippen molar-refractivity contribution in [3.63, 3.8) is 0 Å². The Morgan fingerprint density at radius 3 is 2.71 bits per heavy atom. The minimum absolute atomic E-state index is 0.0616. The molecule has 0 atom stereocenters. The third-order valence-electron chi connectivity index (χ3n) is 4.60. The van der Waals surface area contributed by atoms with Gasteiger partial charge in [-0.1, -0.05) is 36.7 Å². The minimum atomic E-state index is -0.229. The van der Waals surface area contributed by atoms with Crippen LogP contribution in [0.4, 0.5) is 5.13 Å². The molecule has 1 heterocycles. The van der Waals surface area contributed by atoms with Gasteiger partial charge in [0, 0.05) is 12.0 Å². The Kier molecular flexibility index (Phi) is 7.03. The molecule has 0 bridgehead atoms. The van der Waals surface area contributed by atoms with Crippen LogP contribution in [0.15, 0.2) is 24.3 Å².